The summed E-state index contributed by atoms with van der Waals surface area (Å²) in [6.45, 7) is 8.28. The lowest BCUT2D eigenvalue weighted by Gasteiger charge is -2.36. The molecule has 1 N–H and O–H groups in total. The van der Waals surface area contributed by atoms with E-state index >= 15 is 0 Å². The van der Waals surface area contributed by atoms with Gasteiger partial charge in [0.25, 0.3) is 0 Å². The number of piperazine rings is 1. The number of amides is 1. The summed E-state index contributed by atoms with van der Waals surface area (Å²) < 4.78 is 5.19. The highest BCUT2D eigenvalue weighted by atomic mass is 16.6. The third-order valence-electron chi connectivity index (χ3n) is 3.73. The Morgan fingerprint density at radius 3 is 2.58 bits per heavy atom. The van der Waals surface area contributed by atoms with Crippen LogP contribution in [0.3, 0.4) is 0 Å². The molecule has 19 heavy (non-hydrogen) atoms. The van der Waals surface area contributed by atoms with Gasteiger partial charge in [-0.3, -0.25) is 19.4 Å². The zero-order chi connectivity index (χ0) is 13.8. The Kier molecular flexibility index (Phi) is 4.76. The van der Waals surface area contributed by atoms with Crippen molar-refractivity contribution in [1.82, 2.24) is 15.1 Å². The fourth-order valence-electron chi connectivity index (χ4n) is 2.72. The second-order valence-corrected chi connectivity index (χ2v) is 5.26. The van der Waals surface area contributed by atoms with Gasteiger partial charge in [-0.05, 0) is 13.8 Å². The molecule has 0 spiro atoms. The Hall–Kier alpha value is -1.14. The lowest BCUT2D eigenvalue weighted by Crippen LogP contribution is -2.53. The van der Waals surface area contributed by atoms with Crippen LogP contribution in [0.5, 0.6) is 0 Å². The Labute approximate surface area is 114 Å². The molecule has 108 valence electrons. The number of rotatable bonds is 4. The van der Waals surface area contributed by atoms with Crippen molar-refractivity contribution in [3.05, 3.63) is 0 Å². The van der Waals surface area contributed by atoms with Gasteiger partial charge in [-0.15, -0.1) is 0 Å². The molecule has 1 amide bonds. The molecule has 6 nitrogen and oxygen atoms in total. The van der Waals surface area contributed by atoms with Crippen LogP contribution in [-0.2, 0) is 14.3 Å². The maximum Gasteiger partial charge on any atom is 0.323 e. The average molecular weight is 269 g/mol. The minimum absolute atomic E-state index is 0.0332. The molecule has 2 aliphatic rings. The number of likely N-dealkylation sites (N-methyl/N-ethyl adjacent to an activating group) is 1. The lowest BCUT2D eigenvalue weighted by atomic mass is 10.1. The summed E-state index contributed by atoms with van der Waals surface area (Å²) in [6.07, 6.45) is 0.820. The third-order valence-corrected chi connectivity index (χ3v) is 3.73. The summed E-state index contributed by atoms with van der Waals surface area (Å²) in [6, 6.07) is -0.0818. The van der Waals surface area contributed by atoms with Gasteiger partial charge in [-0.2, -0.15) is 0 Å². The second-order valence-electron chi connectivity index (χ2n) is 5.26. The third kappa shape index (κ3) is 3.67. The van der Waals surface area contributed by atoms with E-state index < -0.39 is 0 Å². The minimum Gasteiger partial charge on any atom is -0.461 e. The smallest absolute Gasteiger partial charge is 0.323 e. The van der Waals surface area contributed by atoms with Gasteiger partial charge in [0.15, 0.2) is 0 Å². The monoisotopic (exact) mass is 269 g/mol. The van der Waals surface area contributed by atoms with Gasteiger partial charge >= 0.3 is 5.97 Å². The van der Waals surface area contributed by atoms with Crippen molar-refractivity contribution in [2.75, 3.05) is 39.3 Å². The second kappa shape index (κ2) is 6.34. The van der Waals surface area contributed by atoms with Crippen LogP contribution in [0.15, 0.2) is 0 Å². The number of hydrogen-bond acceptors (Lipinski definition) is 5. The fraction of sp³-hybridized carbons (Fsp3) is 0.846. The maximum atomic E-state index is 11.7. The number of hydrogen-bond donors (Lipinski definition) is 1. The van der Waals surface area contributed by atoms with Gasteiger partial charge in [0.1, 0.15) is 12.1 Å². The van der Waals surface area contributed by atoms with Crippen LogP contribution in [0.25, 0.3) is 0 Å². The Balaban J connectivity index is 1.76. The number of nitrogens with zero attached hydrogens (tertiary/aromatic N) is 2. The summed E-state index contributed by atoms with van der Waals surface area (Å²) in [4.78, 5) is 27.5. The van der Waals surface area contributed by atoms with Crippen molar-refractivity contribution in [3.8, 4) is 0 Å². The summed E-state index contributed by atoms with van der Waals surface area (Å²) in [5.74, 6) is -0.0190. The van der Waals surface area contributed by atoms with Crippen molar-refractivity contribution in [2.24, 2.45) is 0 Å². The van der Waals surface area contributed by atoms with Gasteiger partial charge in [-0.1, -0.05) is 0 Å². The van der Waals surface area contributed by atoms with E-state index in [2.05, 4.69) is 15.1 Å². The van der Waals surface area contributed by atoms with Crippen LogP contribution in [0, 0.1) is 0 Å². The van der Waals surface area contributed by atoms with Gasteiger partial charge in [0, 0.05) is 39.1 Å². The Morgan fingerprint density at radius 1 is 1.37 bits per heavy atom. The number of ether oxygens (including phenoxy) is 1. The molecule has 2 fully saturated rings. The summed E-state index contributed by atoms with van der Waals surface area (Å²) in [7, 11) is 0. The molecule has 0 saturated carbocycles. The topological polar surface area (TPSA) is 61.9 Å². The van der Waals surface area contributed by atoms with Crippen LogP contribution >= 0.6 is 0 Å². The molecule has 0 aromatic heterocycles. The van der Waals surface area contributed by atoms with Crippen molar-refractivity contribution >= 4 is 11.9 Å². The van der Waals surface area contributed by atoms with Crippen LogP contribution < -0.4 is 5.32 Å². The number of cyclic esters (lactones) is 1. The molecule has 0 radical (unpaired) electrons. The molecule has 0 aromatic carbocycles. The predicted molar refractivity (Wildman–Crippen MR) is 70.7 cm³/mol. The van der Waals surface area contributed by atoms with Gasteiger partial charge in [-0.25, -0.2) is 0 Å². The van der Waals surface area contributed by atoms with E-state index in [4.69, 9.17) is 4.74 Å². The highest BCUT2D eigenvalue weighted by Crippen LogP contribution is 2.20. The molecule has 2 aliphatic heterocycles. The molecule has 6 heteroatoms. The van der Waals surface area contributed by atoms with Crippen molar-refractivity contribution in [1.29, 1.82) is 0 Å². The van der Waals surface area contributed by atoms with Crippen LogP contribution in [0.4, 0.5) is 0 Å². The van der Waals surface area contributed by atoms with Crippen molar-refractivity contribution < 1.29 is 14.3 Å². The fourth-order valence-corrected chi connectivity index (χ4v) is 2.72. The molecular formula is C13H23N3O3. The predicted octanol–water partition coefficient (Wildman–Crippen LogP) is -0.556. The van der Waals surface area contributed by atoms with Crippen LogP contribution in [0.2, 0.25) is 0 Å². The van der Waals surface area contributed by atoms with E-state index in [-0.39, 0.29) is 24.0 Å². The summed E-state index contributed by atoms with van der Waals surface area (Å²) >= 11 is 0. The molecule has 0 aromatic rings. The quantitative estimate of drug-likeness (QED) is 0.694. The number of esters is 1. The van der Waals surface area contributed by atoms with Gasteiger partial charge in [0.05, 0.1) is 6.54 Å². The molecule has 0 bridgehead atoms. The molecule has 0 aliphatic carbocycles. The first-order chi connectivity index (χ1) is 9.10. The van der Waals surface area contributed by atoms with E-state index in [1.807, 2.05) is 13.8 Å². The highest BCUT2D eigenvalue weighted by Gasteiger charge is 2.37. The van der Waals surface area contributed by atoms with Crippen molar-refractivity contribution in [3.63, 3.8) is 0 Å². The SMILES string of the molecule is CCNC(=O)CN1CCN([C@@H]2C[C@H](C)OC2=O)CC1. The first-order valence-electron chi connectivity index (χ1n) is 7.03. The van der Waals surface area contributed by atoms with E-state index in [0.717, 1.165) is 32.6 Å². The van der Waals surface area contributed by atoms with Crippen molar-refractivity contribution in [2.45, 2.75) is 32.4 Å². The van der Waals surface area contributed by atoms with Crippen LogP contribution in [-0.4, -0.2) is 73.1 Å². The number of carbonyl (C=O) groups excluding carboxylic acids is 2. The number of nitrogens with one attached hydrogen (secondary N) is 1. The first kappa shape index (κ1) is 14.3. The van der Waals surface area contributed by atoms with Gasteiger partial charge in [0.2, 0.25) is 5.91 Å². The zero-order valence-electron chi connectivity index (χ0n) is 11.7. The standard InChI is InChI=1S/C13H23N3O3/c1-3-14-12(17)9-15-4-6-16(7-5-15)11-8-10(2)19-13(11)18/h10-11H,3-9H2,1-2H3,(H,14,17)/t10-,11+/m0/s1. The highest BCUT2D eigenvalue weighted by molar-refractivity contribution is 5.78. The van der Waals surface area contributed by atoms with E-state index in [1.54, 1.807) is 0 Å². The normalized spacial score (nSPS) is 29.3. The van der Waals surface area contributed by atoms with E-state index in [9.17, 15) is 9.59 Å². The lowest BCUT2D eigenvalue weighted by molar-refractivity contribution is -0.145. The van der Waals surface area contributed by atoms with Crippen LogP contribution in [0.1, 0.15) is 20.3 Å². The minimum atomic E-state index is -0.0929. The summed E-state index contributed by atoms with van der Waals surface area (Å²) in [5.41, 5.74) is 0. The first-order valence-corrected chi connectivity index (χ1v) is 7.03. The van der Waals surface area contributed by atoms with Gasteiger partial charge < -0.3 is 10.1 Å². The van der Waals surface area contributed by atoms with E-state index in [0.29, 0.717) is 13.1 Å². The molecule has 0 unspecified atom stereocenters. The molecular weight excluding hydrogens is 246 g/mol. The Morgan fingerprint density at radius 2 is 2.05 bits per heavy atom. The molecule has 2 rings (SSSR count). The summed E-state index contributed by atoms with van der Waals surface area (Å²) in [5, 5.41) is 2.80. The zero-order valence-corrected chi connectivity index (χ0v) is 11.7. The largest absolute Gasteiger partial charge is 0.461 e. The molecule has 2 saturated heterocycles. The molecule has 2 heterocycles. The average Bonchev–Trinajstić information content (AvgIpc) is 2.70. The number of carbonyl (C=O) groups is 2. The van der Waals surface area contributed by atoms with E-state index in [1.165, 1.54) is 0 Å². The Bertz CT molecular complexity index is 340. The molecule has 2 atom stereocenters. The maximum absolute atomic E-state index is 11.7.